The lowest BCUT2D eigenvalue weighted by Gasteiger charge is -2.08. The molecule has 0 fully saturated rings. The van der Waals surface area contributed by atoms with Crippen molar-refractivity contribution >= 4 is 11.5 Å². The van der Waals surface area contributed by atoms with Crippen LogP contribution in [0.1, 0.15) is 60.5 Å². The van der Waals surface area contributed by atoms with E-state index in [-0.39, 0.29) is 5.78 Å². The van der Waals surface area contributed by atoms with Crippen molar-refractivity contribution < 1.29 is 4.79 Å². The van der Waals surface area contributed by atoms with Crippen LogP contribution in [0.15, 0.2) is 12.1 Å². The molecule has 2 heteroatoms. The molecule has 0 heterocycles. The van der Waals surface area contributed by atoms with E-state index in [1.54, 1.807) is 0 Å². The lowest BCUT2D eigenvalue weighted by molar-refractivity contribution is 0.0979. The third-order valence-electron chi connectivity index (χ3n) is 3.17. The van der Waals surface area contributed by atoms with Crippen molar-refractivity contribution in [3.8, 4) is 0 Å². The number of hydrogen-bond donors (Lipinski definition) is 1. The highest BCUT2D eigenvalue weighted by atomic mass is 16.1. The van der Waals surface area contributed by atoms with Gasteiger partial charge in [0.1, 0.15) is 0 Å². The van der Waals surface area contributed by atoms with Gasteiger partial charge < -0.3 is 5.73 Å². The molecule has 0 saturated carbocycles. The minimum absolute atomic E-state index is 0.243. The van der Waals surface area contributed by atoms with Crippen LogP contribution in [0.2, 0.25) is 0 Å². The van der Waals surface area contributed by atoms with E-state index in [1.807, 2.05) is 26.0 Å². The summed E-state index contributed by atoms with van der Waals surface area (Å²) >= 11 is 0. The number of nitrogen functional groups attached to an aromatic ring is 1. The molecule has 1 aromatic rings. The number of nitrogens with two attached hydrogens (primary N) is 1. The van der Waals surface area contributed by atoms with Crippen molar-refractivity contribution in [2.24, 2.45) is 0 Å². The first-order chi connectivity index (χ1) is 8.06. The van der Waals surface area contributed by atoms with Gasteiger partial charge in [-0.15, -0.1) is 0 Å². The number of carbonyl (C=O) groups is 1. The molecule has 1 rings (SSSR count). The molecule has 0 spiro atoms. The van der Waals surface area contributed by atoms with Crippen LogP contribution in [0.5, 0.6) is 0 Å². The van der Waals surface area contributed by atoms with Crippen molar-refractivity contribution in [3.05, 3.63) is 28.8 Å². The third-order valence-corrected chi connectivity index (χ3v) is 3.17. The van der Waals surface area contributed by atoms with Crippen LogP contribution < -0.4 is 5.73 Å². The summed E-state index contributed by atoms with van der Waals surface area (Å²) in [6, 6.07) is 3.81. The van der Waals surface area contributed by atoms with Crippen LogP contribution in [-0.2, 0) is 0 Å². The molecule has 0 aromatic heterocycles. The Morgan fingerprint density at radius 1 is 1.12 bits per heavy atom. The number of anilines is 1. The fourth-order valence-electron chi connectivity index (χ4n) is 1.99. The second-order valence-electron chi connectivity index (χ2n) is 4.76. The van der Waals surface area contributed by atoms with E-state index in [0.29, 0.717) is 6.42 Å². The first kappa shape index (κ1) is 13.8. The molecule has 0 aliphatic heterocycles. The highest BCUT2D eigenvalue weighted by Gasteiger charge is 2.08. The van der Waals surface area contributed by atoms with E-state index >= 15 is 0 Å². The maximum atomic E-state index is 12.0. The Bertz CT molecular complexity index is 373. The Balaban J connectivity index is 2.63. The van der Waals surface area contributed by atoms with Crippen molar-refractivity contribution in [2.75, 3.05) is 5.73 Å². The maximum absolute atomic E-state index is 12.0. The zero-order valence-corrected chi connectivity index (χ0v) is 11.2. The monoisotopic (exact) mass is 233 g/mol. The van der Waals surface area contributed by atoms with E-state index in [0.717, 1.165) is 35.2 Å². The number of carbonyl (C=O) groups excluding carboxylic acids is 1. The Labute approximate surface area is 104 Å². The molecule has 0 bridgehead atoms. The standard InChI is InChI=1S/C15H23NO/c1-4-5-6-7-8-14(17)13-9-11(2)15(16)12(3)10-13/h9-10H,4-8,16H2,1-3H3. The summed E-state index contributed by atoms with van der Waals surface area (Å²) in [6.45, 7) is 6.08. The normalized spacial score (nSPS) is 10.5. The molecular formula is C15H23NO. The summed E-state index contributed by atoms with van der Waals surface area (Å²) in [5, 5.41) is 0. The Morgan fingerprint density at radius 2 is 1.71 bits per heavy atom. The number of hydrogen-bond acceptors (Lipinski definition) is 2. The molecule has 0 aliphatic carbocycles. The van der Waals surface area contributed by atoms with Crippen LogP contribution in [0.25, 0.3) is 0 Å². The van der Waals surface area contributed by atoms with Crippen molar-refractivity contribution in [1.29, 1.82) is 0 Å². The van der Waals surface area contributed by atoms with Crippen molar-refractivity contribution in [1.82, 2.24) is 0 Å². The molecule has 0 radical (unpaired) electrons. The van der Waals surface area contributed by atoms with Crippen LogP contribution in [-0.4, -0.2) is 5.78 Å². The average molecular weight is 233 g/mol. The minimum atomic E-state index is 0.243. The van der Waals surface area contributed by atoms with Crippen LogP contribution in [0.4, 0.5) is 5.69 Å². The zero-order chi connectivity index (χ0) is 12.8. The van der Waals surface area contributed by atoms with Crippen LogP contribution in [0.3, 0.4) is 0 Å². The summed E-state index contributed by atoms with van der Waals surface area (Å²) in [5.74, 6) is 0.243. The lowest BCUT2D eigenvalue weighted by atomic mass is 9.99. The van der Waals surface area contributed by atoms with Gasteiger partial charge in [0.15, 0.2) is 5.78 Å². The topological polar surface area (TPSA) is 43.1 Å². The number of benzene rings is 1. The number of rotatable bonds is 6. The van der Waals surface area contributed by atoms with E-state index in [1.165, 1.54) is 12.8 Å². The number of unbranched alkanes of at least 4 members (excludes halogenated alkanes) is 3. The van der Waals surface area contributed by atoms with Gasteiger partial charge in [0.05, 0.1) is 0 Å². The van der Waals surface area contributed by atoms with Gasteiger partial charge in [-0.25, -0.2) is 0 Å². The van der Waals surface area contributed by atoms with Gasteiger partial charge >= 0.3 is 0 Å². The van der Waals surface area contributed by atoms with E-state index in [2.05, 4.69) is 6.92 Å². The Kier molecular flexibility index (Phi) is 5.20. The number of aryl methyl sites for hydroxylation is 2. The summed E-state index contributed by atoms with van der Waals surface area (Å²) in [7, 11) is 0. The lowest BCUT2D eigenvalue weighted by Crippen LogP contribution is -2.03. The van der Waals surface area contributed by atoms with Gasteiger partial charge in [-0.3, -0.25) is 4.79 Å². The molecule has 0 amide bonds. The molecule has 0 unspecified atom stereocenters. The summed E-state index contributed by atoms with van der Waals surface area (Å²) in [6.07, 6.45) is 5.22. The quantitative estimate of drug-likeness (QED) is 0.458. The predicted molar refractivity (Wildman–Crippen MR) is 73.4 cm³/mol. The molecule has 0 saturated heterocycles. The van der Waals surface area contributed by atoms with Gasteiger partial charge in [0.2, 0.25) is 0 Å². The number of Topliss-reactive ketones (excluding diaryl/α,β-unsaturated/α-hetero) is 1. The van der Waals surface area contributed by atoms with E-state index in [9.17, 15) is 4.79 Å². The fourth-order valence-corrected chi connectivity index (χ4v) is 1.99. The summed E-state index contributed by atoms with van der Waals surface area (Å²) < 4.78 is 0. The van der Waals surface area contributed by atoms with E-state index in [4.69, 9.17) is 5.73 Å². The molecule has 0 atom stereocenters. The Morgan fingerprint density at radius 3 is 2.24 bits per heavy atom. The predicted octanol–water partition coefficient (Wildman–Crippen LogP) is 4.04. The van der Waals surface area contributed by atoms with Crippen LogP contribution in [0, 0.1) is 13.8 Å². The molecule has 17 heavy (non-hydrogen) atoms. The highest BCUT2D eigenvalue weighted by Crippen LogP contribution is 2.20. The fraction of sp³-hybridized carbons (Fsp3) is 0.533. The smallest absolute Gasteiger partial charge is 0.162 e. The van der Waals surface area contributed by atoms with Gasteiger partial charge in [-0.05, 0) is 43.5 Å². The second kappa shape index (κ2) is 6.43. The molecule has 94 valence electrons. The first-order valence-corrected chi connectivity index (χ1v) is 6.46. The van der Waals surface area contributed by atoms with Crippen LogP contribution >= 0.6 is 0 Å². The van der Waals surface area contributed by atoms with Gasteiger partial charge in [0.25, 0.3) is 0 Å². The first-order valence-electron chi connectivity index (χ1n) is 6.46. The minimum Gasteiger partial charge on any atom is -0.398 e. The molecular weight excluding hydrogens is 210 g/mol. The zero-order valence-electron chi connectivity index (χ0n) is 11.2. The van der Waals surface area contributed by atoms with Gasteiger partial charge in [0, 0.05) is 17.7 Å². The second-order valence-corrected chi connectivity index (χ2v) is 4.76. The molecule has 2 nitrogen and oxygen atoms in total. The van der Waals surface area contributed by atoms with Crippen molar-refractivity contribution in [3.63, 3.8) is 0 Å². The summed E-state index contributed by atoms with van der Waals surface area (Å²) in [4.78, 5) is 12.0. The molecule has 1 aromatic carbocycles. The van der Waals surface area contributed by atoms with Gasteiger partial charge in [-0.1, -0.05) is 26.2 Å². The summed E-state index contributed by atoms with van der Waals surface area (Å²) in [5.41, 5.74) is 9.49. The largest absolute Gasteiger partial charge is 0.398 e. The third kappa shape index (κ3) is 3.88. The Hall–Kier alpha value is -1.31. The van der Waals surface area contributed by atoms with E-state index < -0.39 is 0 Å². The van der Waals surface area contributed by atoms with Gasteiger partial charge in [-0.2, -0.15) is 0 Å². The van der Waals surface area contributed by atoms with Crippen molar-refractivity contribution in [2.45, 2.75) is 52.9 Å². The SMILES string of the molecule is CCCCCCC(=O)c1cc(C)c(N)c(C)c1. The highest BCUT2D eigenvalue weighted by molar-refractivity contribution is 5.97. The molecule has 0 aliphatic rings. The maximum Gasteiger partial charge on any atom is 0.162 e. The number of ketones is 1. The average Bonchev–Trinajstić information content (AvgIpc) is 2.30. The molecule has 2 N–H and O–H groups in total.